The fourth-order valence-corrected chi connectivity index (χ4v) is 2.10. The Morgan fingerprint density at radius 1 is 1.29 bits per heavy atom. The molecule has 2 aromatic heterocycles. The van der Waals surface area contributed by atoms with Crippen molar-refractivity contribution in [2.75, 3.05) is 5.73 Å². The van der Waals surface area contributed by atoms with E-state index in [1.807, 2.05) is 12.1 Å². The lowest BCUT2D eigenvalue weighted by molar-refractivity contribution is 0.0997. The fraction of sp³-hybridized carbons (Fsp3) is 0. The van der Waals surface area contributed by atoms with Gasteiger partial charge in [0.1, 0.15) is 5.03 Å². The van der Waals surface area contributed by atoms with Crippen molar-refractivity contribution in [1.82, 2.24) is 9.97 Å². The number of carbonyl (C=O) groups is 1. The monoisotopic (exact) mass is 246 g/mol. The smallest absolute Gasteiger partial charge is 0.251 e. The van der Waals surface area contributed by atoms with E-state index in [2.05, 4.69) is 9.97 Å². The van der Waals surface area contributed by atoms with Crippen LogP contribution in [0.15, 0.2) is 46.7 Å². The standard InChI is InChI=1S/C11H10N4OS/c12-7-5-9(10(13)16)11(15-6-7)17-8-1-3-14-4-2-8/h1-6H,12H2,(H2,13,16). The molecule has 0 aliphatic heterocycles. The first-order valence-corrected chi connectivity index (χ1v) is 5.61. The zero-order chi connectivity index (χ0) is 12.3. The summed E-state index contributed by atoms with van der Waals surface area (Å²) in [5.74, 6) is -0.540. The lowest BCUT2D eigenvalue weighted by Gasteiger charge is -2.05. The van der Waals surface area contributed by atoms with Gasteiger partial charge in [-0.15, -0.1) is 0 Å². The molecule has 0 radical (unpaired) electrons. The zero-order valence-electron chi connectivity index (χ0n) is 8.83. The molecule has 0 saturated heterocycles. The van der Waals surface area contributed by atoms with E-state index >= 15 is 0 Å². The summed E-state index contributed by atoms with van der Waals surface area (Å²) < 4.78 is 0. The quantitative estimate of drug-likeness (QED) is 0.851. The van der Waals surface area contributed by atoms with Crippen molar-refractivity contribution in [3.8, 4) is 0 Å². The number of hydrogen-bond donors (Lipinski definition) is 2. The van der Waals surface area contributed by atoms with Gasteiger partial charge >= 0.3 is 0 Å². The number of rotatable bonds is 3. The topological polar surface area (TPSA) is 94.9 Å². The largest absolute Gasteiger partial charge is 0.397 e. The number of nitrogens with two attached hydrogens (primary N) is 2. The zero-order valence-corrected chi connectivity index (χ0v) is 9.65. The number of amides is 1. The van der Waals surface area contributed by atoms with Crippen LogP contribution < -0.4 is 11.5 Å². The highest BCUT2D eigenvalue weighted by Crippen LogP contribution is 2.28. The molecule has 2 rings (SSSR count). The van der Waals surface area contributed by atoms with Crippen molar-refractivity contribution in [2.45, 2.75) is 9.92 Å². The second-order valence-electron chi connectivity index (χ2n) is 3.27. The molecule has 0 spiro atoms. The minimum absolute atomic E-state index is 0.326. The number of nitrogens with zero attached hydrogens (tertiary/aromatic N) is 2. The molecule has 17 heavy (non-hydrogen) atoms. The summed E-state index contributed by atoms with van der Waals surface area (Å²) in [6.07, 6.45) is 4.84. The number of primary amides is 1. The second kappa shape index (κ2) is 4.84. The normalized spacial score (nSPS) is 10.1. The molecule has 1 amide bonds. The van der Waals surface area contributed by atoms with E-state index < -0.39 is 5.91 Å². The summed E-state index contributed by atoms with van der Waals surface area (Å²) in [5.41, 5.74) is 11.6. The summed E-state index contributed by atoms with van der Waals surface area (Å²) in [5, 5.41) is 0.540. The van der Waals surface area contributed by atoms with Gasteiger partial charge in [0, 0.05) is 17.3 Å². The molecule has 0 aromatic carbocycles. The molecule has 0 unspecified atom stereocenters. The third kappa shape index (κ3) is 2.73. The Balaban J connectivity index is 2.36. The maximum Gasteiger partial charge on any atom is 0.251 e. The second-order valence-corrected chi connectivity index (χ2v) is 4.33. The SMILES string of the molecule is NC(=O)c1cc(N)cnc1Sc1ccncc1. The van der Waals surface area contributed by atoms with Gasteiger partial charge in [-0.1, -0.05) is 11.8 Å². The minimum atomic E-state index is -0.540. The van der Waals surface area contributed by atoms with Crippen LogP contribution in [0.4, 0.5) is 5.69 Å². The van der Waals surface area contributed by atoms with Crippen LogP contribution in [0.1, 0.15) is 10.4 Å². The molecule has 0 atom stereocenters. The molecule has 6 heteroatoms. The molecule has 0 fully saturated rings. The Morgan fingerprint density at radius 3 is 2.65 bits per heavy atom. The predicted octanol–water partition coefficient (Wildman–Crippen LogP) is 1.31. The van der Waals surface area contributed by atoms with Crippen molar-refractivity contribution in [3.63, 3.8) is 0 Å². The van der Waals surface area contributed by atoms with Crippen LogP contribution in [0.5, 0.6) is 0 Å². The summed E-state index contributed by atoms with van der Waals surface area (Å²) in [6, 6.07) is 5.18. The third-order valence-corrected chi connectivity index (χ3v) is 3.03. The van der Waals surface area contributed by atoms with E-state index in [-0.39, 0.29) is 0 Å². The van der Waals surface area contributed by atoms with Gasteiger partial charge in [-0.25, -0.2) is 4.98 Å². The first kappa shape index (κ1) is 11.4. The Bertz CT molecular complexity index is 544. The molecule has 2 heterocycles. The first-order chi connectivity index (χ1) is 8.16. The number of pyridine rings is 2. The molecule has 0 bridgehead atoms. The number of anilines is 1. The number of nitrogen functional groups attached to an aromatic ring is 1. The van der Waals surface area contributed by atoms with Gasteiger partial charge < -0.3 is 11.5 Å². The molecular formula is C11H10N4OS. The highest BCUT2D eigenvalue weighted by molar-refractivity contribution is 7.99. The van der Waals surface area contributed by atoms with Crippen molar-refractivity contribution >= 4 is 23.4 Å². The van der Waals surface area contributed by atoms with Crippen molar-refractivity contribution in [2.24, 2.45) is 5.73 Å². The van der Waals surface area contributed by atoms with Gasteiger partial charge in [0.05, 0.1) is 17.4 Å². The molecule has 0 aliphatic rings. The molecule has 0 saturated carbocycles. The number of hydrogen-bond acceptors (Lipinski definition) is 5. The summed E-state index contributed by atoms with van der Waals surface area (Å²) in [7, 11) is 0. The van der Waals surface area contributed by atoms with Gasteiger partial charge in [0.2, 0.25) is 0 Å². The van der Waals surface area contributed by atoms with Crippen LogP contribution in [0.25, 0.3) is 0 Å². The van der Waals surface area contributed by atoms with Gasteiger partial charge in [0.25, 0.3) is 5.91 Å². The van der Waals surface area contributed by atoms with Crippen LogP contribution in [0, 0.1) is 0 Å². The summed E-state index contributed by atoms with van der Waals surface area (Å²) in [6.45, 7) is 0. The van der Waals surface area contributed by atoms with Gasteiger partial charge in [-0.3, -0.25) is 9.78 Å². The molecule has 4 N–H and O–H groups in total. The van der Waals surface area contributed by atoms with Gasteiger partial charge in [-0.2, -0.15) is 0 Å². The first-order valence-electron chi connectivity index (χ1n) is 4.80. The Morgan fingerprint density at radius 2 is 2.00 bits per heavy atom. The van der Waals surface area contributed by atoms with Gasteiger partial charge in [-0.05, 0) is 18.2 Å². The van der Waals surface area contributed by atoms with E-state index in [0.29, 0.717) is 16.3 Å². The molecule has 0 aliphatic carbocycles. The molecule has 5 nitrogen and oxygen atoms in total. The highest BCUT2D eigenvalue weighted by atomic mass is 32.2. The number of aromatic nitrogens is 2. The maximum atomic E-state index is 11.3. The van der Waals surface area contributed by atoms with Crippen LogP contribution in [-0.4, -0.2) is 15.9 Å². The van der Waals surface area contributed by atoms with Crippen molar-refractivity contribution < 1.29 is 4.79 Å². The fourth-order valence-electron chi connectivity index (χ4n) is 1.24. The minimum Gasteiger partial charge on any atom is -0.397 e. The van der Waals surface area contributed by atoms with E-state index in [0.717, 1.165) is 4.90 Å². The van der Waals surface area contributed by atoms with Crippen LogP contribution in [-0.2, 0) is 0 Å². The summed E-state index contributed by atoms with van der Waals surface area (Å²) in [4.78, 5) is 20.2. The Hall–Kier alpha value is -2.08. The van der Waals surface area contributed by atoms with Gasteiger partial charge in [0.15, 0.2) is 0 Å². The van der Waals surface area contributed by atoms with Crippen molar-refractivity contribution in [1.29, 1.82) is 0 Å². The summed E-state index contributed by atoms with van der Waals surface area (Å²) >= 11 is 1.34. The Kier molecular flexibility index (Phi) is 3.24. The third-order valence-electron chi connectivity index (χ3n) is 2.00. The highest BCUT2D eigenvalue weighted by Gasteiger charge is 2.11. The number of carbonyl (C=O) groups excluding carboxylic acids is 1. The predicted molar refractivity (Wildman–Crippen MR) is 65.5 cm³/mol. The van der Waals surface area contributed by atoms with Crippen LogP contribution in [0.2, 0.25) is 0 Å². The Labute approximate surface area is 102 Å². The average Bonchev–Trinajstić information content (AvgIpc) is 2.32. The van der Waals surface area contributed by atoms with E-state index in [1.54, 1.807) is 12.4 Å². The molecular weight excluding hydrogens is 236 g/mol. The van der Waals surface area contributed by atoms with E-state index in [9.17, 15) is 4.79 Å². The lowest BCUT2D eigenvalue weighted by Crippen LogP contribution is -2.13. The molecule has 2 aromatic rings. The average molecular weight is 246 g/mol. The lowest BCUT2D eigenvalue weighted by atomic mass is 10.2. The van der Waals surface area contributed by atoms with E-state index in [4.69, 9.17) is 11.5 Å². The molecule has 86 valence electrons. The van der Waals surface area contributed by atoms with Crippen LogP contribution in [0.3, 0.4) is 0 Å². The van der Waals surface area contributed by atoms with Crippen molar-refractivity contribution in [3.05, 3.63) is 42.4 Å². The van der Waals surface area contributed by atoms with E-state index in [1.165, 1.54) is 24.0 Å². The van der Waals surface area contributed by atoms with Crippen LogP contribution >= 0.6 is 11.8 Å². The maximum absolute atomic E-state index is 11.3.